The van der Waals surface area contributed by atoms with Crippen LogP contribution in [0.5, 0.6) is 0 Å². The van der Waals surface area contributed by atoms with Crippen LogP contribution in [-0.2, 0) is 4.74 Å². The zero-order chi connectivity index (χ0) is 14.2. The van der Waals surface area contributed by atoms with Gasteiger partial charge in [-0.15, -0.1) is 0 Å². The molecule has 0 amide bonds. The van der Waals surface area contributed by atoms with Gasteiger partial charge in [-0.2, -0.15) is 0 Å². The third-order valence-corrected chi connectivity index (χ3v) is 1.70. The molecule has 0 aliphatic heterocycles. The van der Waals surface area contributed by atoms with Crippen LogP contribution in [0.25, 0.3) is 6.08 Å². The van der Waals surface area contributed by atoms with Crippen molar-refractivity contribution in [2.75, 3.05) is 0 Å². The molecule has 3 heteroatoms. The van der Waals surface area contributed by atoms with E-state index in [0.717, 1.165) is 5.56 Å². The molecule has 2 aromatic rings. The van der Waals surface area contributed by atoms with Crippen LogP contribution in [0.4, 0.5) is 0 Å². The zero-order valence-corrected chi connectivity index (χ0v) is 10.9. The van der Waals surface area contributed by atoms with Crippen LogP contribution < -0.4 is 0 Å². The molecule has 0 radical (unpaired) electrons. The van der Waals surface area contributed by atoms with Crippen LogP contribution in [0.3, 0.4) is 0 Å². The summed E-state index contributed by atoms with van der Waals surface area (Å²) in [6.07, 6.45) is 11.4. The van der Waals surface area contributed by atoms with Crippen molar-refractivity contribution in [1.82, 2.24) is 9.97 Å². The average molecular weight is 254 g/mol. The van der Waals surface area contributed by atoms with E-state index >= 15 is 0 Å². The summed E-state index contributed by atoms with van der Waals surface area (Å²) >= 11 is 0. The molecule has 2 heterocycles. The van der Waals surface area contributed by atoms with E-state index in [0.29, 0.717) is 0 Å². The number of hydrogen-bond donors (Lipinski definition) is 0. The Morgan fingerprint density at radius 2 is 1.32 bits per heavy atom. The number of aromatic nitrogens is 2. The Morgan fingerprint density at radius 3 is 1.53 bits per heavy atom. The fourth-order valence-corrected chi connectivity index (χ4v) is 0.880. The summed E-state index contributed by atoms with van der Waals surface area (Å²) in [4.78, 5) is 7.63. The van der Waals surface area contributed by atoms with Gasteiger partial charge < -0.3 is 4.74 Å². The summed E-state index contributed by atoms with van der Waals surface area (Å²) in [6, 6.07) is 9.53. The Morgan fingerprint density at radius 1 is 0.789 bits per heavy atom. The van der Waals surface area contributed by atoms with Gasteiger partial charge in [0.25, 0.3) is 0 Å². The van der Waals surface area contributed by atoms with Gasteiger partial charge in [0.2, 0.25) is 0 Å². The lowest BCUT2D eigenvalue weighted by Gasteiger charge is -1.84. The number of hydrogen-bond acceptors (Lipinski definition) is 3. The molecule has 0 atom stereocenters. The smallest absolute Gasteiger partial charge is 0.0829 e. The number of pyridine rings is 2. The largest absolute Gasteiger partial charge is 0.474 e. The summed E-state index contributed by atoms with van der Waals surface area (Å²) < 4.78 is 4.36. The Labute approximate surface area is 114 Å². The first-order chi connectivity index (χ1) is 9.35. The molecule has 0 N–H and O–H groups in total. The van der Waals surface area contributed by atoms with Gasteiger partial charge in [0.15, 0.2) is 0 Å². The predicted octanol–water partition coefficient (Wildman–Crippen LogP) is 4.10. The quantitative estimate of drug-likeness (QED) is 0.774. The molecule has 0 saturated heterocycles. The molecular formula is C16H18N2O. The molecule has 2 rings (SSSR count). The number of ether oxygens (including phenoxy) is 1. The minimum atomic E-state index is 1.11. The van der Waals surface area contributed by atoms with Gasteiger partial charge in [0.1, 0.15) is 0 Å². The fraction of sp³-hybridized carbons (Fsp3) is 0. The average Bonchev–Trinajstić information content (AvgIpc) is 2.52. The Bertz CT molecular complexity index is 408. The van der Waals surface area contributed by atoms with Crippen molar-refractivity contribution < 1.29 is 4.74 Å². The monoisotopic (exact) mass is 254 g/mol. The van der Waals surface area contributed by atoms with Gasteiger partial charge in [-0.3, -0.25) is 9.97 Å². The van der Waals surface area contributed by atoms with E-state index in [9.17, 15) is 0 Å². The summed E-state index contributed by atoms with van der Waals surface area (Å²) in [7, 11) is 0. The maximum Gasteiger partial charge on any atom is 0.0829 e. The summed E-state index contributed by atoms with van der Waals surface area (Å²) in [5, 5.41) is 0. The van der Waals surface area contributed by atoms with E-state index in [1.54, 1.807) is 30.9 Å². The van der Waals surface area contributed by atoms with Gasteiger partial charge in [0, 0.05) is 24.8 Å². The molecular weight excluding hydrogens is 236 g/mol. The van der Waals surface area contributed by atoms with E-state index in [4.69, 9.17) is 0 Å². The number of rotatable bonds is 3. The third-order valence-electron chi connectivity index (χ3n) is 1.70. The van der Waals surface area contributed by atoms with E-state index < -0.39 is 0 Å². The first-order valence-corrected chi connectivity index (χ1v) is 5.59. The summed E-state index contributed by atoms with van der Waals surface area (Å²) in [5.74, 6) is 0. The Hall–Kier alpha value is -2.68. The topological polar surface area (TPSA) is 35.0 Å². The highest BCUT2D eigenvalue weighted by molar-refractivity contribution is 5.44. The lowest BCUT2D eigenvalue weighted by atomic mass is 10.3. The molecule has 19 heavy (non-hydrogen) atoms. The third kappa shape index (κ3) is 11.6. The molecule has 0 aliphatic carbocycles. The van der Waals surface area contributed by atoms with Gasteiger partial charge in [-0.25, -0.2) is 0 Å². The first kappa shape index (κ1) is 16.3. The van der Waals surface area contributed by atoms with Crippen molar-refractivity contribution in [2.45, 2.75) is 0 Å². The van der Waals surface area contributed by atoms with E-state index in [1.165, 1.54) is 12.5 Å². The van der Waals surface area contributed by atoms with Crippen LogP contribution in [0, 0.1) is 0 Å². The molecule has 2 aromatic heterocycles. The van der Waals surface area contributed by atoms with Crippen LogP contribution in [0.2, 0.25) is 0 Å². The van der Waals surface area contributed by atoms with E-state index in [2.05, 4.69) is 34.4 Å². The van der Waals surface area contributed by atoms with Gasteiger partial charge in [0.05, 0.1) is 12.5 Å². The van der Waals surface area contributed by atoms with Crippen molar-refractivity contribution in [3.05, 3.63) is 92.9 Å². The Balaban J connectivity index is 0.000000265. The maximum atomic E-state index is 4.36. The van der Waals surface area contributed by atoms with Gasteiger partial charge in [-0.1, -0.05) is 31.9 Å². The van der Waals surface area contributed by atoms with Crippen LogP contribution >= 0.6 is 0 Å². The number of nitrogens with zero attached hydrogens (tertiary/aromatic N) is 2. The highest BCUT2D eigenvalue weighted by Crippen LogP contribution is 1.95. The summed E-state index contributed by atoms with van der Waals surface area (Å²) in [6.45, 7) is 10.1. The van der Waals surface area contributed by atoms with Gasteiger partial charge >= 0.3 is 0 Å². The molecule has 3 nitrogen and oxygen atoms in total. The molecule has 0 bridgehead atoms. The van der Waals surface area contributed by atoms with Crippen molar-refractivity contribution >= 4 is 6.08 Å². The standard InChI is InChI=1S/C7H7N.C5H5N.C4H6O/c1-2-7-3-5-8-6-4-7;1-2-4-6-5-3-1;1-3-5-4-2/h2-6H,1H2;1-5H;3-4H,1-2H2. The van der Waals surface area contributed by atoms with Crippen molar-refractivity contribution in [3.8, 4) is 0 Å². The van der Waals surface area contributed by atoms with Gasteiger partial charge in [-0.05, 0) is 29.8 Å². The highest BCUT2D eigenvalue weighted by Gasteiger charge is 1.76. The molecule has 0 saturated carbocycles. The predicted molar refractivity (Wildman–Crippen MR) is 80.0 cm³/mol. The normalized spacial score (nSPS) is 7.58. The highest BCUT2D eigenvalue weighted by atomic mass is 16.5. The Kier molecular flexibility index (Phi) is 11.5. The molecule has 98 valence electrons. The van der Waals surface area contributed by atoms with Crippen molar-refractivity contribution in [3.63, 3.8) is 0 Å². The van der Waals surface area contributed by atoms with Crippen molar-refractivity contribution in [1.29, 1.82) is 0 Å². The zero-order valence-electron chi connectivity index (χ0n) is 10.9. The summed E-state index contributed by atoms with van der Waals surface area (Å²) in [5.41, 5.74) is 1.11. The second-order valence-corrected chi connectivity index (χ2v) is 2.98. The lowest BCUT2D eigenvalue weighted by molar-refractivity contribution is 0.406. The minimum Gasteiger partial charge on any atom is -0.474 e. The molecule has 0 unspecified atom stereocenters. The molecule has 0 aromatic carbocycles. The fourth-order valence-electron chi connectivity index (χ4n) is 0.880. The van der Waals surface area contributed by atoms with E-state index in [1.807, 2.05) is 30.3 Å². The van der Waals surface area contributed by atoms with Crippen LogP contribution in [0.1, 0.15) is 5.56 Å². The maximum absolute atomic E-state index is 4.36. The first-order valence-electron chi connectivity index (χ1n) is 5.59. The lowest BCUT2D eigenvalue weighted by Crippen LogP contribution is -1.69. The van der Waals surface area contributed by atoms with Crippen molar-refractivity contribution in [2.24, 2.45) is 0 Å². The molecule has 0 fully saturated rings. The van der Waals surface area contributed by atoms with Crippen LogP contribution in [-0.4, -0.2) is 9.97 Å². The minimum absolute atomic E-state index is 1.11. The molecule has 0 spiro atoms. The second kappa shape index (κ2) is 13.4. The SMILES string of the molecule is C=COC=C.C=Cc1ccncc1.c1ccncc1. The molecule has 0 aliphatic rings. The van der Waals surface area contributed by atoms with E-state index in [-0.39, 0.29) is 0 Å². The second-order valence-electron chi connectivity index (χ2n) is 2.98. The van der Waals surface area contributed by atoms with Crippen LogP contribution in [0.15, 0.2) is 87.4 Å².